The third-order valence-corrected chi connectivity index (χ3v) is 8.80. The topological polar surface area (TPSA) is 200 Å². The summed E-state index contributed by atoms with van der Waals surface area (Å²) >= 11 is 0. The van der Waals surface area contributed by atoms with Gasteiger partial charge in [-0.05, 0) is 50.7 Å². The molecule has 1 aliphatic carbocycles. The Hall–Kier alpha value is -3.64. The average Bonchev–Trinajstić information content (AvgIpc) is 3.45. The van der Waals surface area contributed by atoms with Crippen LogP contribution in [-0.4, -0.2) is 81.2 Å². The molecule has 14 nitrogen and oxygen atoms in total. The number of hydrogen-bond donors (Lipinski definition) is 3. The minimum atomic E-state index is -2.11. The highest BCUT2D eigenvalue weighted by Gasteiger charge is 2.60. The molecule has 1 aliphatic heterocycles. The van der Waals surface area contributed by atoms with E-state index in [2.05, 4.69) is 15.4 Å². The number of fused-ring (bicyclic) bond motifs is 1. The Morgan fingerprint density at radius 2 is 1.93 bits per heavy atom. The van der Waals surface area contributed by atoms with Gasteiger partial charge in [0, 0.05) is 13.5 Å². The molecule has 2 aliphatic rings. The van der Waals surface area contributed by atoms with Crippen LogP contribution < -0.4 is 11.1 Å². The standard InChI is InChI=1S/C31H44N6O8/c1-18(2)24(33)28(40)44-25-21(15-43-23(38)14-19-10-8-6-7-9-11-19)45-31(16-32,26(25)39)22-13-12-20-27(34-17-35-37(20)22)36-29(41)30(3,4)42-5/h12-13,17-19,21,24-26,39H,6-11,14-15,33H2,1-5H3,(H,34,35,36,41)/t21-,24+,25-,26-,31+/m1/s1. The van der Waals surface area contributed by atoms with Crippen LogP contribution in [0.5, 0.6) is 0 Å². The van der Waals surface area contributed by atoms with Gasteiger partial charge in [-0.25, -0.2) is 9.50 Å². The first kappa shape index (κ1) is 34.2. The number of ether oxygens (including phenoxy) is 4. The van der Waals surface area contributed by atoms with Gasteiger partial charge in [0.15, 0.2) is 11.9 Å². The summed E-state index contributed by atoms with van der Waals surface area (Å²) in [4.78, 5) is 42.7. The van der Waals surface area contributed by atoms with Crippen LogP contribution in [0.2, 0.25) is 0 Å². The van der Waals surface area contributed by atoms with Gasteiger partial charge in [-0.1, -0.05) is 39.5 Å². The number of aliphatic hydroxyl groups is 1. The molecule has 5 atom stereocenters. The monoisotopic (exact) mass is 628 g/mol. The molecule has 3 heterocycles. The van der Waals surface area contributed by atoms with Crippen molar-refractivity contribution < 1.29 is 38.4 Å². The summed E-state index contributed by atoms with van der Waals surface area (Å²) < 4.78 is 24.0. The second-order valence-corrected chi connectivity index (χ2v) is 12.7. The van der Waals surface area contributed by atoms with Crippen molar-refractivity contribution in [1.29, 1.82) is 5.26 Å². The van der Waals surface area contributed by atoms with Gasteiger partial charge in [0.1, 0.15) is 48.4 Å². The molecule has 4 rings (SSSR count). The van der Waals surface area contributed by atoms with Gasteiger partial charge in [0.25, 0.3) is 5.91 Å². The van der Waals surface area contributed by atoms with Crippen molar-refractivity contribution in [2.24, 2.45) is 17.6 Å². The van der Waals surface area contributed by atoms with Crippen molar-refractivity contribution >= 4 is 29.2 Å². The predicted molar refractivity (Wildman–Crippen MR) is 160 cm³/mol. The van der Waals surface area contributed by atoms with E-state index in [0.29, 0.717) is 5.52 Å². The van der Waals surface area contributed by atoms with Gasteiger partial charge in [-0.3, -0.25) is 14.4 Å². The van der Waals surface area contributed by atoms with E-state index in [9.17, 15) is 24.8 Å². The number of methoxy groups -OCH3 is 1. The number of anilines is 1. The van der Waals surface area contributed by atoms with Crippen LogP contribution in [0.3, 0.4) is 0 Å². The maximum absolute atomic E-state index is 12.9. The van der Waals surface area contributed by atoms with Crippen molar-refractivity contribution in [1.82, 2.24) is 14.6 Å². The molecular weight excluding hydrogens is 584 g/mol. The molecule has 0 radical (unpaired) electrons. The number of carbonyl (C=O) groups excluding carboxylic acids is 3. The maximum Gasteiger partial charge on any atom is 0.323 e. The van der Waals surface area contributed by atoms with E-state index in [1.807, 2.05) is 6.07 Å². The lowest BCUT2D eigenvalue weighted by atomic mass is 9.92. The quantitative estimate of drug-likeness (QED) is 0.243. The van der Waals surface area contributed by atoms with Crippen LogP contribution in [-0.2, 0) is 38.9 Å². The molecule has 0 aromatic carbocycles. The number of nitriles is 1. The molecule has 45 heavy (non-hydrogen) atoms. The molecule has 1 saturated heterocycles. The fourth-order valence-electron chi connectivity index (χ4n) is 5.63. The Bertz CT molecular complexity index is 1410. The molecule has 2 aromatic rings. The zero-order valence-corrected chi connectivity index (χ0v) is 26.5. The fourth-order valence-corrected chi connectivity index (χ4v) is 5.63. The van der Waals surface area contributed by atoms with E-state index in [1.54, 1.807) is 33.8 Å². The molecule has 4 N–H and O–H groups in total. The van der Waals surface area contributed by atoms with E-state index in [0.717, 1.165) is 38.5 Å². The molecule has 1 amide bonds. The molecule has 14 heteroatoms. The first-order chi connectivity index (χ1) is 21.3. The largest absolute Gasteiger partial charge is 0.463 e. The number of rotatable bonds is 11. The number of esters is 2. The van der Waals surface area contributed by atoms with Crippen LogP contribution >= 0.6 is 0 Å². The number of aliphatic hydroxyl groups excluding tert-OH is 1. The van der Waals surface area contributed by atoms with E-state index in [4.69, 9.17) is 24.7 Å². The molecule has 0 spiro atoms. The SMILES string of the molecule is COC(C)(C)C(=O)Nc1ncnn2c([C@]3(C#N)O[C@H](COC(=O)CC4CCCCCC4)[C@@H](OC(=O)[C@@H](N)C(C)C)[C@H]3O)ccc12. The lowest BCUT2D eigenvalue weighted by Crippen LogP contribution is -2.46. The van der Waals surface area contributed by atoms with Crippen molar-refractivity contribution in [3.63, 3.8) is 0 Å². The summed E-state index contributed by atoms with van der Waals surface area (Å²) in [6.45, 7) is 6.31. The minimum absolute atomic E-state index is 0.0814. The summed E-state index contributed by atoms with van der Waals surface area (Å²) in [7, 11) is 1.41. The first-order valence-electron chi connectivity index (χ1n) is 15.4. The van der Waals surface area contributed by atoms with Gasteiger partial charge >= 0.3 is 11.9 Å². The zero-order chi connectivity index (χ0) is 32.9. The van der Waals surface area contributed by atoms with Crippen molar-refractivity contribution in [3.05, 3.63) is 24.2 Å². The van der Waals surface area contributed by atoms with Crippen LogP contribution in [0, 0.1) is 23.2 Å². The highest BCUT2D eigenvalue weighted by molar-refractivity contribution is 5.98. The Labute approximate surface area is 262 Å². The maximum atomic E-state index is 12.9. The van der Waals surface area contributed by atoms with Gasteiger partial charge < -0.3 is 35.1 Å². The van der Waals surface area contributed by atoms with E-state index in [1.165, 1.54) is 24.0 Å². The van der Waals surface area contributed by atoms with Crippen LogP contribution in [0.4, 0.5) is 5.82 Å². The summed E-state index contributed by atoms with van der Waals surface area (Å²) in [5, 5.41) is 29.1. The Morgan fingerprint density at radius 1 is 1.24 bits per heavy atom. The zero-order valence-electron chi connectivity index (χ0n) is 26.5. The first-order valence-corrected chi connectivity index (χ1v) is 15.4. The fraction of sp³-hybridized carbons (Fsp3) is 0.677. The molecule has 2 aromatic heterocycles. The number of nitrogens with one attached hydrogen (secondary N) is 1. The van der Waals surface area contributed by atoms with Gasteiger partial charge in [-0.2, -0.15) is 10.4 Å². The molecule has 0 unspecified atom stereocenters. The number of amides is 1. The number of nitrogens with zero attached hydrogens (tertiary/aromatic N) is 4. The van der Waals surface area contributed by atoms with Crippen LogP contribution in [0.1, 0.15) is 78.3 Å². The Kier molecular flexibility index (Phi) is 10.8. The third kappa shape index (κ3) is 7.27. The second kappa shape index (κ2) is 14.2. The molecule has 2 fully saturated rings. The lowest BCUT2D eigenvalue weighted by Gasteiger charge is -2.26. The molecule has 0 bridgehead atoms. The van der Waals surface area contributed by atoms with Gasteiger partial charge in [-0.15, -0.1) is 0 Å². The third-order valence-electron chi connectivity index (χ3n) is 8.80. The lowest BCUT2D eigenvalue weighted by molar-refractivity contribution is -0.162. The van der Waals surface area contributed by atoms with E-state index < -0.39 is 53.4 Å². The van der Waals surface area contributed by atoms with Crippen molar-refractivity contribution in [2.45, 2.75) is 108 Å². The average molecular weight is 629 g/mol. The van der Waals surface area contributed by atoms with Crippen molar-refractivity contribution in [3.8, 4) is 6.07 Å². The number of carbonyl (C=O) groups is 3. The predicted octanol–water partition coefficient (Wildman–Crippen LogP) is 2.37. The van der Waals surface area contributed by atoms with Gasteiger partial charge in [0.05, 0.1) is 5.69 Å². The van der Waals surface area contributed by atoms with Gasteiger partial charge in [0.2, 0.25) is 5.60 Å². The molecule has 246 valence electrons. The summed E-state index contributed by atoms with van der Waals surface area (Å²) in [6, 6.07) is 4.08. The number of hydrogen-bond acceptors (Lipinski definition) is 12. The highest BCUT2D eigenvalue weighted by Crippen LogP contribution is 2.42. The van der Waals surface area contributed by atoms with Crippen LogP contribution in [0.15, 0.2) is 18.5 Å². The summed E-state index contributed by atoms with van der Waals surface area (Å²) in [5.41, 5.74) is 3.13. The normalized spacial score (nSPS) is 25.0. The second-order valence-electron chi connectivity index (χ2n) is 12.7. The smallest absolute Gasteiger partial charge is 0.323 e. The van der Waals surface area contributed by atoms with Crippen LogP contribution in [0.25, 0.3) is 5.52 Å². The molecule has 1 saturated carbocycles. The Balaban J connectivity index is 1.63. The summed E-state index contributed by atoms with van der Waals surface area (Å²) in [6.07, 6.45) is 3.43. The molecular formula is C31H44N6O8. The number of aromatic nitrogens is 3. The minimum Gasteiger partial charge on any atom is -0.463 e. The number of nitrogens with two attached hydrogens (primary N) is 1. The van der Waals surface area contributed by atoms with Crippen molar-refractivity contribution in [2.75, 3.05) is 19.0 Å². The summed E-state index contributed by atoms with van der Waals surface area (Å²) in [5.74, 6) is -1.62. The highest BCUT2D eigenvalue weighted by atomic mass is 16.6. The van der Waals surface area contributed by atoms with E-state index in [-0.39, 0.29) is 36.4 Å². The van der Waals surface area contributed by atoms with E-state index >= 15 is 0 Å². The Morgan fingerprint density at radius 3 is 2.56 bits per heavy atom.